The van der Waals surface area contributed by atoms with E-state index in [1.807, 2.05) is 31.2 Å². The second-order valence-electron chi connectivity index (χ2n) is 22.2. The average molecular weight is 1170 g/mol. The number of hydrogen-bond donors (Lipinski definition) is 11. The summed E-state index contributed by atoms with van der Waals surface area (Å²) in [5.74, 6) is -4.25. The number of carbonyl (C=O) groups excluding carboxylic acids is 2. The zero-order valence-corrected chi connectivity index (χ0v) is 46.1. The molecule has 2 aromatic carbocycles. The van der Waals surface area contributed by atoms with Gasteiger partial charge in [-0.3, -0.25) is 9.59 Å². The van der Waals surface area contributed by atoms with Gasteiger partial charge in [-0.2, -0.15) is 0 Å². The summed E-state index contributed by atoms with van der Waals surface area (Å²) in [6.07, 6.45) is -17.4. The second kappa shape index (κ2) is 27.7. The highest BCUT2D eigenvalue weighted by Gasteiger charge is 2.54. The summed E-state index contributed by atoms with van der Waals surface area (Å²) < 4.78 is 60.7. The van der Waals surface area contributed by atoms with E-state index in [0.29, 0.717) is 11.3 Å². The lowest BCUT2D eigenvalue weighted by atomic mass is 9.80. The largest absolute Gasteiger partial charge is 0.479 e. The molecule has 0 radical (unpaired) electrons. The van der Waals surface area contributed by atoms with E-state index in [0.717, 1.165) is 43.2 Å². The van der Waals surface area contributed by atoms with Crippen LogP contribution < -0.4 is 10.6 Å². The van der Waals surface area contributed by atoms with Gasteiger partial charge in [-0.1, -0.05) is 78.4 Å². The van der Waals surface area contributed by atoms with E-state index >= 15 is 0 Å². The van der Waals surface area contributed by atoms with Crippen molar-refractivity contribution >= 4 is 17.8 Å². The van der Waals surface area contributed by atoms with Crippen LogP contribution in [-0.4, -0.2) is 224 Å². The van der Waals surface area contributed by atoms with Gasteiger partial charge in [0.1, 0.15) is 90.3 Å². The van der Waals surface area contributed by atoms with Crippen molar-refractivity contribution in [3.63, 3.8) is 0 Å². The molecule has 11 N–H and O–H groups in total. The van der Waals surface area contributed by atoms with Crippen LogP contribution in [0.15, 0.2) is 60.9 Å². The maximum absolute atomic E-state index is 14.7. The Labute approximate surface area is 476 Å². The first-order chi connectivity index (χ1) is 39.8. The lowest BCUT2D eigenvalue weighted by Crippen LogP contribution is -2.67. The van der Waals surface area contributed by atoms with Gasteiger partial charge in [0.2, 0.25) is 11.8 Å². The number of rotatable bonds is 21. The van der Waals surface area contributed by atoms with Crippen molar-refractivity contribution in [2.45, 2.75) is 188 Å². The maximum Gasteiger partial charge on any atom is 0.332 e. The molecule has 456 valence electrons. The minimum atomic E-state index is -1.87. The number of ether oxygens (including phenoxy) is 7. The van der Waals surface area contributed by atoms with Crippen LogP contribution in [0.3, 0.4) is 0 Å². The van der Waals surface area contributed by atoms with E-state index in [-0.39, 0.29) is 44.0 Å². The number of aryl methyl sites for hydroxylation is 1. The SMILES string of the molecule is CC(=O)NC1C(O[C@@H](CC2CCCCC2)C(=O)O)[C@@H](O)[C@H](CO)O[C@H]1O[C@@H]1CC(C(=O)NCCO[C@H]2OC(CO)[C@@H](O)C(n3cc(-c4cccc(C)c4)nn3)C2O)CC(n2cc(-c3cccc(F)c3)nn2)[C@H]1O[C@@H]1OC(C)[C@@H](O)[C@H](O)C1O. The first-order valence-electron chi connectivity index (χ1n) is 28.1. The number of carboxylic acid groups (broad SMARTS) is 1. The highest BCUT2D eigenvalue weighted by molar-refractivity contribution is 5.79. The number of nitrogens with one attached hydrogen (secondary N) is 2. The molecule has 28 heteroatoms. The number of carbonyl (C=O) groups is 3. The number of aromatic nitrogens is 6. The Morgan fingerprint density at radius 3 is 2.10 bits per heavy atom. The molecule has 3 saturated heterocycles. The quantitative estimate of drug-likeness (QED) is 0.0464. The van der Waals surface area contributed by atoms with Gasteiger partial charge in [0.15, 0.2) is 25.0 Å². The predicted molar refractivity (Wildman–Crippen MR) is 282 cm³/mol. The van der Waals surface area contributed by atoms with Gasteiger partial charge in [-0.15, -0.1) is 10.2 Å². The van der Waals surface area contributed by atoms with Crippen LogP contribution in [0, 0.1) is 24.6 Å². The third-order valence-electron chi connectivity index (χ3n) is 16.3. The number of halogens is 1. The first kappa shape index (κ1) is 62.0. The summed E-state index contributed by atoms with van der Waals surface area (Å²) in [5, 5.41) is 121. The van der Waals surface area contributed by atoms with Crippen molar-refractivity contribution in [3.8, 4) is 22.5 Å². The van der Waals surface area contributed by atoms with Crippen molar-refractivity contribution in [1.82, 2.24) is 40.6 Å². The molecular formula is C55H75FN8O19. The Balaban J connectivity index is 1.00. The molecule has 83 heavy (non-hydrogen) atoms. The predicted octanol–water partition coefficient (Wildman–Crippen LogP) is -0.595. The number of aliphatic hydroxyl groups excluding tert-OH is 8. The molecule has 27 nitrogen and oxygen atoms in total. The first-order valence-corrected chi connectivity index (χ1v) is 28.1. The lowest BCUT2D eigenvalue weighted by molar-refractivity contribution is -0.337. The van der Waals surface area contributed by atoms with E-state index in [9.17, 15) is 64.7 Å². The molecule has 9 rings (SSSR count). The summed E-state index contributed by atoms with van der Waals surface area (Å²) in [6.45, 7) is 2.53. The summed E-state index contributed by atoms with van der Waals surface area (Å²) >= 11 is 0. The van der Waals surface area contributed by atoms with Gasteiger partial charge in [-0.05, 0) is 57.2 Å². The Bertz CT molecular complexity index is 2790. The molecule has 3 aliphatic heterocycles. The molecule has 2 saturated carbocycles. The monoisotopic (exact) mass is 1170 g/mol. The standard InChI is InChI=1S/C55H75FN8O19/c1-26-9-7-12-30(17-26)35-23-64(62-60-35)42-44(69)39(24-65)82-54(46(42)71)77-16-15-57-51(74)32-20-36(63-22-34(59-61-63)31-13-8-14-33(56)19-31)49(83-55-48(73)47(72)43(68)27(2)78-55)37(21-32)80-53-41(58-28(3)67)50(45(70)40(25-66)81-53)79-38(52(75)76)18-29-10-5-4-6-11-29/h7-9,12-14,17,19,22-23,27,29,32,36-50,53-55,65-66,68-73H,4-6,10-11,15-16,18,20-21,24-25H2,1-3H3,(H,57,74)(H,58,67)(H,75,76)/t27?,32?,36?,37-,38+,39?,40+,41?,42?,43-,44-,45+,46?,47+,48?,49-,50?,53-,54+,55+/m1/s1. The van der Waals surface area contributed by atoms with Gasteiger partial charge in [0.25, 0.3) is 0 Å². The third-order valence-corrected chi connectivity index (χ3v) is 16.3. The lowest BCUT2D eigenvalue weighted by Gasteiger charge is -2.49. The third kappa shape index (κ3) is 14.4. The molecule has 2 aliphatic carbocycles. The van der Waals surface area contributed by atoms with E-state index in [1.165, 1.54) is 47.6 Å². The zero-order chi connectivity index (χ0) is 59.2. The number of nitrogens with zero attached hydrogens (tertiary/aromatic N) is 6. The summed E-state index contributed by atoms with van der Waals surface area (Å²) in [5.41, 5.74) is 2.68. The van der Waals surface area contributed by atoms with Crippen molar-refractivity contribution < 1.29 is 97.9 Å². The van der Waals surface area contributed by atoms with Crippen LogP contribution in [0.5, 0.6) is 0 Å². The molecule has 5 fully saturated rings. The van der Waals surface area contributed by atoms with Crippen LogP contribution in [-0.2, 0) is 47.5 Å². The number of aliphatic hydroxyl groups is 8. The normalized spacial score (nSPS) is 34.7. The van der Waals surface area contributed by atoms with Crippen LogP contribution in [0.4, 0.5) is 4.39 Å². The fourth-order valence-corrected chi connectivity index (χ4v) is 11.9. The van der Waals surface area contributed by atoms with Crippen molar-refractivity contribution in [2.24, 2.45) is 11.8 Å². The van der Waals surface area contributed by atoms with Gasteiger partial charge >= 0.3 is 5.97 Å². The highest BCUT2D eigenvalue weighted by Crippen LogP contribution is 2.42. The molecule has 5 heterocycles. The molecule has 5 aliphatic rings. The summed E-state index contributed by atoms with van der Waals surface area (Å²) in [7, 11) is 0. The number of benzene rings is 2. The minimum absolute atomic E-state index is 0.0114. The average Bonchev–Trinajstić information content (AvgIpc) is 4.35. The molecule has 2 amide bonds. The Morgan fingerprint density at radius 1 is 0.759 bits per heavy atom. The van der Waals surface area contributed by atoms with E-state index < -0.39 is 159 Å². The highest BCUT2D eigenvalue weighted by atomic mass is 19.1. The van der Waals surface area contributed by atoms with Gasteiger partial charge < -0.3 is 89.8 Å². The molecular weight excluding hydrogens is 1100 g/mol. The van der Waals surface area contributed by atoms with Gasteiger partial charge in [0, 0.05) is 30.5 Å². The minimum Gasteiger partial charge on any atom is -0.479 e. The second-order valence-corrected chi connectivity index (χ2v) is 22.2. The molecule has 2 aromatic heterocycles. The number of hydrogen-bond acceptors (Lipinski definition) is 22. The van der Waals surface area contributed by atoms with Gasteiger partial charge in [-0.25, -0.2) is 18.5 Å². The Kier molecular flexibility index (Phi) is 20.7. The number of aliphatic carboxylic acids is 1. The van der Waals surface area contributed by atoms with E-state index in [2.05, 4.69) is 31.3 Å². The molecule has 0 spiro atoms. The van der Waals surface area contributed by atoms with Crippen molar-refractivity contribution in [1.29, 1.82) is 0 Å². The maximum atomic E-state index is 14.7. The van der Waals surface area contributed by atoms with Crippen molar-refractivity contribution in [2.75, 3.05) is 26.4 Å². The molecule has 9 unspecified atom stereocenters. The summed E-state index contributed by atoms with van der Waals surface area (Å²) in [6, 6.07) is 9.19. The van der Waals surface area contributed by atoms with Gasteiger partial charge in [0.05, 0.1) is 50.5 Å². The van der Waals surface area contributed by atoms with Crippen LogP contribution >= 0.6 is 0 Å². The van der Waals surface area contributed by atoms with Crippen LogP contribution in [0.2, 0.25) is 0 Å². The molecule has 20 atom stereocenters. The zero-order valence-electron chi connectivity index (χ0n) is 46.1. The van der Waals surface area contributed by atoms with Crippen molar-refractivity contribution in [3.05, 3.63) is 72.3 Å². The number of amides is 2. The van der Waals surface area contributed by atoms with Crippen LogP contribution in [0.1, 0.15) is 82.9 Å². The molecule has 0 bridgehead atoms. The molecule has 4 aromatic rings. The summed E-state index contributed by atoms with van der Waals surface area (Å²) in [4.78, 5) is 40.6. The topological polar surface area (TPSA) is 383 Å². The fourth-order valence-electron chi connectivity index (χ4n) is 11.9. The Morgan fingerprint density at radius 2 is 1.42 bits per heavy atom. The van der Waals surface area contributed by atoms with E-state index in [1.54, 1.807) is 12.3 Å². The fraction of sp³-hybridized carbons (Fsp3) is 0.655. The Hall–Kier alpha value is -5.54. The number of carboxylic acids is 1. The van der Waals surface area contributed by atoms with Crippen LogP contribution in [0.25, 0.3) is 22.5 Å². The van der Waals surface area contributed by atoms with E-state index in [4.69, 9.17) is 33.2 Å². The smallest absolute Gasteiger partial charge is 0.332 e.